The zero-order valence-electron chi connectivity index (χ0n) is 16.5. The number of ether oxygens (including phenoxy) is 3. The maximum absolute atomic E-state index is 12.1. The standard InChI is InChI=1S/C20H28N2O5S/c1-21-28(23,24)20-15-16(10-11-19(20)26-3)7-6-12-22-13-14-27-18-9-5-4-8-17(18)25-2/h4-5,8-11,15,21-22H,6-7,12-14H2,1-3H3. The van der Waals surface area contributed by atoms with E-state index in [1.807, 2.05) is 30.3 Å². The Hall–Kier alpha value is -2.29. The number of aryl methyl sites for hydroxylation is 1. The molecule has 0 atom stereocenters. The topological polar surface area (TPSA) is 85.9 Å². The lowest BCUT2D eigenvalue weighted by molar-refractivity contribution is 0.292. The second kappa shape index (κ2) is 10.9. The average Bonchev–Trinajstić information content (AvgIpc) is 2.73. The molecular formula is C20H28N2O5S. The van der Waals surface area contributed by atoms with E-state index in [1.54, 1.807) is 19.2 Å². The lowest BCUT2D eigenvalue weighted by Crippen LogP contribution is -2.22. The highest BCUT2D eigenvalue weighted by Crippen LogP contribution is 2.26. The van der Waals surface area contributed by atoms with Crippen molar-refractivity contribution in [3.05, 3.63) is 48.0 Å². The van der Waals surface area contributed by atoms with Crippen molar-refractivity contribution in [1.82, 2.24) is 10.0 Å². The SMILES string of the molecule is CNS(=O)(=O)c1cc(CCCNCCOc2ccccc2OC)ccc1OC. The van der Waals surface area contributed by atoms with Crippen LogP contribution in [-0.2, 0) is 16.4 Å². The van der Waals surface area contributed by atoms with E-state index in [4.69, 9.17) is 14.2 Å². The molecule has 0 aliphatic carbocycles. The van der Waals surface area contributed by atoms with E-state index in [0.29, 0.717) is 24.7 Å². The lowest BCUT2D eigenvalue weighted by atomic mass is 10.1. The van der Waals surface area contributed by atoms with Crippen molar-refractivity contribution in [3.8, 4) is 17.2 Å². The summed E-state index contributed by atoms with van der Waals surface area (Å²) in [4.78, 5) is 0.160. The van der Waals surface area contributed by atoms with E-state index in [0.717, 1.165) is 30.7 Å². The average molecular weight is 409 g/mol. The summed E-state index contributed by atoms with van der Waals surface area (Å²) in [7, 11) is 0.909. The van der Waals surface area contributed by atoms with Gasteiger partial charge in [-0.2, -0.15) is 0 Å². The molecule has 0 fully saturated rings. The molecule has 2 N–H and O–H groups in total. The molecule has 2 rings (SSSR count). The summed E-state index contributed by atoms with van der Waals surface area (Å²) in [5.74, 6) is 1.78. The predicted octanol–water partition coefficient (Wildman–Crippen LogP) is 2.21. The van der Waals surface area contributed by atoms with Crippen molar-refractivity contribution >= 4 is 10.0 Å². The number of nitrogens with one attached hydrogen (secondary N) is 2. The van der Waals surface area contributed by atoms with Gasteiger partial charge in [-0.15, -0.1) is 0 Å². The lowest BCUT2D eigenvalue weighted by Gasteiger charge is -2.12. The van der Waals surface area contributed by atoms with Crippen LogP contribution in [0.5, 0.6) is 17.2 Å². The first-order valence-electron chi connectivity index (χ1n) is 9.09. The fourth-order valence-electron chi connectivity index (χ4n) is 2.71. The zero-order chi connectivity index (χ0) is 20.4. The molecule has 0 spiro atoms. The largest absolute Gasteiger partial charge is 0.495 e. The van der Waals surface area contributed by atoms with Gasteiger partial charge in [0.2, 0.25) is 10.0 Å². The van der Waals surface area contributed by atoms with E-state index in [2.05, 4.69) is 10.0 Å². The van der Waals surface area contributed by atoms with Crippen LogP contribution >= 0.6 is 0 Å². The molecule has 2 aromatic rings. The molecule has 0 heterocycles. The molecule has 7 nitrogen and oxygen atoms in total. The number of methoxy groups -OCH3 is 2. The molecule has 0 bridgehead atoms. The number of para-hydroxylation sites is 2. The Morgan fingerprint density at radius 1 is 0.929 bits per heavy atom. The molecule has 0 aliphatic rings. The van der Waals surface area contributed by atoms with Crippen molar-refractivity contribution in [2.24, 2.45) is 0 Å². The predicted molar refractivity (Wildman–Crippen MR) is 109 cm³/mol. The minimum absolute atomic E-state index is 0.160. The molecule has 154 valence electrons. The van der Waals surface area contributed by atoms with Crippen molar-refractivity contribution in [2.45, 2.75) is 17.7 Å². The minimum atomic E-state index is -3.56. The summed E-state index contributed by atoms with van der Waals surface area (Å²) in [6.45, 7) is 2.04. The van der Waals surface area contributed by atoms with Gasteiger partial charge in [-0.1, -0.05) is 18.2 Å². The summed E-state index contributed by atoms with van der Waals surface area (Å²) < 4.78 is 42.7. The molecule has 0 saturated carbocycles. The van der Waals surface area contributed by atoms with E-state index in [1.165, 1.54) is 14.2 Å². The Balaban J connectivity index is 1.76. The highest BCUT2D eigenvalue weighted by Gasteiger charge is 2.18. The summed E-state index contributed by atoms with van der Waals surface area (Å²) in [6, 6.07) is 12.8. The molecular weight excluding hydrogens is 380 g/mol. The number of hydrogen-bond acceptors (Lipinski definition) is 6. The zero-order valence-corrected chi connectivity index (χ0v) is 17.3. The first kappa shape index (κ1) is 22.0. The van der Waals surface area contributed by atoms with Gasteiger partial charge in [-0.25, -0.2) is 13.1 Å². The molecule has 0 saturated heterocycles. The summed E-state index contributed by atoms with van der Waals surface area (Å²) in [5, 5.41) is 3.32. The van der Waals surface area contributed by atoms with Crippen LogP contribution in [0.3, 0.4) is 0 Å². The van der Waals surface area contributed by atoms with Crippen LogP contribution in [0.15, 0.2) is 47.4 Å². The van der Waals surface area contributed by atoms with Crippen LogP contribution in [0, 0.1) is 0 Å². The van der Waals surface area contributed by atoms with Gasteiger partial charge in [-0.3, -0.25) is 0 Å². The molecule has 0 aromatic heterocycles. The van der Waals surface area contributed by atoms with E-state index in [9.17, 15) is 8.42 Å². The van der Waals surface area contributed by atoms with E-state index >= 15 is 0 Å². The van der Waals surface area contributed by atoms with Gasteiger partial charge >= 0.3 is 0 Å². The van der Waals surface area contributed by atoms with Crippen molar-refractivity contribution < 1.29 is 22.6 Å². The van der Waals surface area contributed by atoms with Gasteiger partial charge in [-0.05, 0) is 56.3 Å². The Kier molecular flexibility index (Phi) is 8.56. The van der Waals surface area contributed by atoms with Crippen LogP contribution in [0.25, 0.3) is 0 Å². The highest BCUT2D eigenvalue weighted by molar-refractivity contribution is 7.89. The normalized spacial score (nSPS) is 11.2. The second-order valence-corrected chi connectivity index (χ2v) is 7.90. The maximum atomic E-state index is 12.1. The third-order valence-corrected chi connectivity index (χ3v) is 5.65. The third kappa shape index (κ3) is 6.12. The number of hydrogen-bond donors (Lipinski definition) is 2. The van der Waals surface area contributed by atoms with Crippen LogP contribution in [-0.4, -0.2) is 49.4 Å². The van der Waals surface area contributed by atoms with Gasteiger partial charge in [0.25, 0.3) is 0 Å². The minimum Gasteiger partial charge on any atom is -0.495 e. The Bertz CT molecular complexity index is 855. The van der Waals surface area contributed by atoms with Crippen LogP contribution in [0.1, 0.15) is 12.0 Å². The first-order chi connectivity index (χ1) is 13.5. The van der Waals surface area contributed by atoms with Crippen molar-refractivity contribution in [3.63, 3.8) is 0 Å². The van der Waals surface area contributed by atoms with Gasteiger partial charge in [0.15, 0.2) is 11.5 Å². The Morgan fingerprint density at radius 3 is 2.32 bits per heavy atom. The van der Waals surface area contributed by atoms with E-state index in [-0.39, 0.29) is 4.90 Å². The number of sulfonamides is 1. The Labute approximate surface area is 167 Å². The monoisotopic (exact) mass is 408 g/mol. The number of rotatable bonds is 12. The fourth-order valence-corrected chi connectivity index (χ4v) is 3.65. The Morgan fingerprint density at radius 2 is 1.64 bits per heavy atom. The van der Waals surface area contributed by atoms with Crippen LogP contribution < -0.4 is 24.2 Å². The summed E-state index contributed by atoms with van der Waals surface area (Å²) >= 11 is 0. The van der Waals surface area contributed by atoms with Gasteiger partial charge in [0.1, 0.15) is 17.3 Å². The molecule has 0 aliphatic heterocycles. The van der Waals surface area contributed by atoms with Crippen LogP contribution in [0.2, 0.25) is 0 Å². The highest BCUT2D eigenvalue weighted by atomic mass is 32.2. The van der Waals surface area contributed by atoms with Crippen LogP contribution in [0.4, 0.5) is 0 Å². The van der Waals surface area contributed by atoms with Crippen molar-refractivity contribution in [2.75, 3.05) is 41.0 Å². The smallest absolute Gasteiger partial charge is 0.244 e. The molecule has 0 amide bonds. The van der Waals surface area contributed by atoms with Gasteiger partial charge in [0.05, 0.1) is 14.2 Å². The quantitative estimate of drug-likeness (QED) is 0.524. The molecule has 2 aromatic carbocycles. The summed E-state index contributed by atoms with van der Waals surface area (Å²) in [6.07, 6.45) is 1.64. The third-order valence-electron chi connectivity index (χ3n) is 4.21. The van der Waals surface area contributed by atoms with Crippen molar-refractivity contribution in [1.29, 1.82) is 0 Å². The second-order valence-electron chi connectivity index (χ2n) is 6.05. The van der Waals surface area contributed by atoms with Gasteiger partial charge < -0.3 is 19.5 Å². The number of benzene rings is 2. The maximum Gasteiger partial charge on any atom is 0.244 e. The fraction of sp³-hybridized carbons (Fsp3) is 0.400. The van der Waals surface area contributed by atoms with Gasteiger partial charge in [0, 0.05) is 6.54 Å². The summed E-state index contributed by atoms with van der Waals surface area (Å²) in [5.41, 5.74) is 0.946. The molecule has 28 heavy (non-hydrogen) atoms. The van der Waals surface area contributed by atoms with E-state index < -0.39 is 10.0 Å². The molecule has 8 heteroatoms. The molecule has 0 unspecified atom stereocenters. The first-order valence-corrected chi connectivity index (χ1v) is 10.6. The molecule has 0 radical (unpaired) electrons.